The Kier molecular flexibility index (Phi) is 3.27. The molecular weight excluding hydrogens is 184 g/mol. The van der Waals surface area contributed by atoms with Crippen LogP contribution in [0.2, 0.25) is 0 Å². The number of hydrogen-bond donors (Lipinski definition) is 1. The average Bonchev–Trinajstić information content (AvgIpc) is 2.67. The number of aryl methyl sites for hydroxylation is 1. The lowest BCUT2D eigenvalue weighted by molar-refractivity contribution is 0.618. The highest BCUT2D eigenvalue weighted by molar-refractivity contribution is 5.54. The van der Waals surface area contributed by atoms with Crippen LogP contribution in [-0.2, 0) is 0 Å². The van der Waals surface area contributed by atoms with Crippen LogP contribution in [0, 0.1) is 6.92 Å². The van der Waals surface area contributed by atoms with E-state index < -0.39 is 0 Å². The van der Waals surface area contributed by atoms with Crippen LogP contribution in [0.15, 0.2) is 24.3 Å². The van der Waals surface area contributed by atoms with Crippen molar-refractivity contribution in [3.63, 3.8) is 0 Å². The summed E-state index contributed by atoms with van der Waals surface area (Å²) in [5, 5.41) is 0. The van der Waals surface area contributed by atoms with E-state index in [2.05, 4.69) is 36.1 Å². The summed E-state index contributed by atoms with van der Waals surface area (Å²) in [7, 11) is 0. The Labute approximate surface area is 92.1 Å². The van der Waals surface area contributed by atoms with Crippen LogP contribution in [0.3, 0.4) is 0 Å². The molecule has 1 heterocycles. The molecule has 0 saturated carbocycles. The van der Waals surface area contributed by atoms with Crippen LogP contribution in [-0.4, -0.2) is 19.1 Å². The minimum atomic E-state index is 0.663. The number of hydrogen-bond acceptors (Lipinski definition) is 2. The van der Waals surface area contributed by atoms with Gasteiger partial charge in [0.15, 0.2) is 0 Å². The van der Waals surface area contributed by atoms with Crippen molar-refractivity contribution in [1.29, 1.82) is 0 Å². The Morgan fingerprint density at radius 2 is 2.20 bits per heavy atom. The number of nitrogens with two attached hydrogens (primary N) is 1. The molecule has 2 N–H and O–H groups in total. The van der Waals surface area contributed by atoms with Gasteiger partial charge in [-0.15, -0.1) is 0 Å². The first kappa shape index (κ1) is 10.5. The first-order chi connectivity index (χ1) is 7.33. The number of para-hydroxylation sites is 1. The van der Waals surface area contributed by atoms with Gasteiger partial charge in [-0.05, 0) is 44.4 Å². The molecule has 1 fully saturated rings. The van der Waals surface area contributed by atoms with Crippen LogP contribution in [0.1, 0.15) is 24.8 Å². The summed E-state index contributed by atoms with van der Waals surface area (Å²) in [5.41, 5.74) is 8.43. The lowest BCUT2D eigenvalue weighted by atomic mass is 10.1. The molecule has 2 rings (SSSR count). The molecule has 0 aromatic heterocycles. The fraction of sp³-hybridized carbons (Fsp3) is 0.538. The minimum absolute atomic E-state index is 0.663. The smallest absolute Gasteiger partial charge is 0.0398 e. The normalized spacial score (nSPS) is 20.9. The molecule has 2 nitrogen and oxygen atoms in total. The predicted molar refractivity (Wildman–Crippen MR) is 65.2 cm³/mol. The van der Waals surface area contributed by atoms with Gasteiger partial charge in [0.2, 0.25) is 0 Å². The fourth-order valence-electron chi connectivity index (χ4n) is 2.53. The average molecular weight is 204 g/mol. The summed E-state index contributed by atoms with van der Waals surface area (Å²) in [6.07, 6.45) is 3.72. The van der Waals surface area contributed by atoms with Gasteiger partial charge in [-0.2, -0.15) is 0 Å². The van der Waals surface area contributed by atoms with Crippen molar-refractivity contribution in [2.75, 3.05) is 18.0 Å². The summed E-state index contributed by atoms with van der Waals surface area (Å²) < 4.78 is 0. The van der Waals surface area contributed by atoms with E-state index >= 15 is 0 Å². The van der Waals surface area contributed by atoms with E-state index in [9.17, 15) is 0 Å². The molecule has 0 bridgehead atoms. The van der Waals surface area contributed by atoms with Gasteiger partial charge in [0.1, 0.15) is 0 Å². The zero-order valence-corrected chi connectivity index (χ0v) is 9.45. The van der Waals surface area contributed by atoms with E-state index in [1.54, 1.807) is 0 Å². The van der Waals surface area contributed by atoms with Gasteiger partial charge in [-0.1, -0.05) is 18.2 Å². The standard InChI is InChI=1S/C13H20N2/c1-11-5-2-3-7-13(11)15-10-4-6-12(15)8-9-14/h2-3,5,7,12H,4,6,8-10,14H2,1H3. The third-order valence-electron chi connectivity index (χ3n) is 3.30. The quantitative estimate of drug-likeness (QED) is 0.818. The highest BCUT2D eigenvalue weighted by atomic mass is 15.2. The molecule has 1 atom stereocenters. The number of rotatable bonds is 3. The highest BCUT2D eigenvalue weighted by Gasteiger charge is 2.24. The molecular formula is C13H20N2. The van der Waals surface area contributed by atoms with E-state index in [0.29, 0.717) is 6.04 Å². The SMILES string of the molecule is Cc1ccccc1N1CCCC1CCN. The minimum Gasteiger partial charge on any atom is -0.368 e. The summed E-state index contributed by atoms with van der Waals surface area (Å²) in [4.78, 5) is 2.53. The van der Waals surface area contributed by atoms with Crippen molar-refractivity contribution < 1.29 is 0 Å². The molecule has 0 radical (unpaired) electrons. The summed E-state index contributed by atoms with van der Waals surface area (Å²) in [6, 6.07) is 9.31. The van der Waals surface area contributed by atoms with Crippen LogP contribution >= 0.6 is 0 Å². The van der Waals surface area contributed by atoms with Crippen molar-refractivity contribution >= 4 is 5.69 Å². The van der Waals surface area contributed by atoms with Gasteiger partial charge in [0.25, 0.3) is 0 Å². The number of benzene rings is 1. The van der Waals surface area contributed by atoms with Gasteiger partial charge in [-0.25, -0.2) is 0 Å². The molecule has 1 aliphatic rings. The van der Waals surface area contributed by atoms with E-state index in [1.165, 1.54) is 30.6 Å². The van der Waals surface area contributed by atoms with E-state index in [1.807, 2.05) is 0 Å². The zero-order valence-electron chi connectivity index (χ0n) is 9.45. The fourth-order valence-corrected chi connectivity index (χ4v) is 2.53. The molecule has 1 aromatic carbocycles. The Hall–Kier alpha value is -1.02. The molecule has 1 saturated heterocycles. The molecule has 1 unspecified atom stereocenters. The maximum Gasteiger partial charge on any atom is 0.0398 e. The van der Waals surface area contributed by atoms with Gasteiger partial charge in [0, 0.05) is 18.3 Å². The molecule has 0 amide bonds. The van der Waals surface area contributed by atoms with Gasteiger partial charge < -0.3 is 10.6 Å². The Morgan fingerprint density at radius 3 is 2.93 bits per heavy atom. The predicted octanol–water partition coefficient (Wildman–Crippen LogP) is 2.31. The highest BCUT2D eigenvalue weighted by Crippen LogP contribution is 2.29. The van der Waals surface area contributed by atoms with Crippen molar-refractivity contribution in [3.05, 3.63) is 29.8 Å². The summed E-state index contributed by atoms with van der Waals surface area (Å²) >= 11 is 0. The molecule has 82 valence electrons. The number of anilines is 1. The molecule has 15 heavy (non-hydrogen) atoms. The van der Waals surface area contributed by atoms with Crippen molar-refractivity contribution in [2.45, 2.75) is 32.2 Å². The molecule has 2 heteroatoms. The third kappa shape index (κ3) is 2.15. The monoisotopic (exact) mass is 204 g/mol. The third-order valence-corrected chi connectivity index (χ3v) is 3.30. The van der Waals surface area contributed by atoms with Crippen LogP contribution in [0.4, 0.5) is 5.69 Å². The number of nitrogens with zero attached hydrogens (tertiary/aromatic N) is 1. The van der Waals surface area contributed by atoms with Crippen molar-refractivity contribution in [1.82, 2.24) is 0 Å². The van der Waals surface area contributed by atoms with E-state index in [4.69, 9.17) is 5.73 Å². The lowest BCUT2D eigenvalue weighted by Crippen LogP contribution is -2.31. The second-order valence-electron chi connectivity index (χ2n) is 4.35. The maximum absolute atomic E-state index is 5.66. The molecule has 1 aromatic rings. The topological polar surface area (TPSA) is 29.3 Å². The Morgan fingerprint density at radius 1 is 1.40 bits per heavy atom. The van der Waals surface area contributed by atoms with E-state index in [0.717, 1.165) is 13.0 Å². The first-order valence-electron chi connectivity index (χ1n) is 5.85. The second-order valence-corrected chi connectivity index (χ2v) is 4.35. The second kappa shape index (κ2) is 4.67. The van der Waals surface area contributed by atoms with Crippen LogP contribution < -0.4 is 10.6 Å². The summed E-state index contributed by atoms with van der Waals surface area (Å²) in [6.45, 7) is 4.18. The Balaban J connectivity index is 2.19. The lowest BCUT2D eigenvalue weighted by Gasteiger charge is -2.28. The Bertz CT molecular complexity index is 322. The first-order valence-corrected chi connectivity index (χ1v) is 5.85. The van der Waals surface area contributed by atoms with Gasteiger partial charge in [-0.3, -0.25) is 0 Å². The maximum atomic E-state index is 5.66. The molecule has 0 spiro atoms. The van der Waals surface area contributed by atoms with Gasteiger partial charge >= 0.3 is 0 Å². The van der Waals surface area contributed by atoms with Crippen LogP contribution in [0.25, 0.3) is 0 Å². The molecule has 0 aliphatic carbocycles. The van der Waals surface area contributed by atoms with Gasteiger partial charge in [0.05, 0.1) is 0 Å². The van der Waals surface area contributed by atoms with Crippen LogP contribution in [0.5, 0.6) is 0 Å². The molecule has 1 aliphatic heterocycles. The summed E-state index contributed by atoms with van der Waals surface area (Å²) in [5.74, 6) is 0. The largest absolute Gasteiger partial charge is 0.368 e. The van der Waals surface area contributed by atoms with Crippen molar-refractivity contribution in [3.8, 4) is 0 Å². The van der Waals surface area contributed by atoms with E-state index in [-0.39, 0.29) is 0 Å². The zero-order chi connectivity index (χ0) is 10.7. The van der Waals surface area contributed by atoms with Crippen molar-refractivity contribution in [2.24, 2.45) is 5.73 Å².